The molecule has 2 heterocycles. The number of hydrogen-bond acceptors (Lipinski definition) is 12. The van der Waals surface area contributed by atoms with E-state index in [1.165, 1.54) is 0 Å². The Hall–Kier alpha value is -1.91. The fraction of sp³-hybridized carbons (Fsp3) is 0.650. The van der Waals surface area contributed by atoms with Crippen LogP contribution in [0.15, 0.2) is 30.3 Å². The average Bonchev–Trinajstić information content (AvgIpc) is 2.82. The fourth-order valence-corrected chi connectivity index (χ4v) is 3.64. The van der Waals surface area contributed by atoms with Crippen molar-refractivity contribution in [2.24, 2.45) is 0 Å². The number of ether oxygens (including phenoxy) is 4. The summed E-state index contributed by atoms with van der Waals surface area (Å²) in [7, 11) is 0. The zero-order valence-electron chi connectivity index (χ0n) is 17.5. The van der Waals surface area contributed by atoms with Gasteiger partial charge in [-0.05, 0) is 5.56 Å². The SMILES string of the molecule is O=C(N[C@H]1C(O)O[C@H](CO)[C@@H](O[C@@H]2O[C@H](CO)[C@H](O)[C@H](O)[C@H]2O)[C@@H]1O)OCc1ccccc1. The van der Waals surface area contributed by atoms with E-state index >= 15 is 0 Å². The Kier molecular flexibility index (Phi) is 8.95. The van der Waals surface area contributed by atoms with Gasteiger partial charge >= 0.3 is 6.09 Å². The van der Waals surface area contributed by atoms with Crippen molar-refractivity contribution in [1.29, 1.82) is 0 Å². The number of alkyl carbamates (subject to hydrolysis) is 1. The maximum Gasteiger partial charge on any atom is 0.407 e. The molecule has 13 heteroatoms. The Balaban J connectivity index is 1.66. The molecule has 2 aliphatic rings. The topological polar surface area (TPSA) is 208 Å². The van der Waals surface area contributed by atoms with Crippen LogP contribution in [0, 0.1) is 0 Å². The highest BCUT2D eigenvalue weighted by atomic mass is 16.7. The van der Waals surface area contributed by atoms with Gasteiger partial charge in [0.1, 0.15) is 55.4 Å². The molecule has 13 nitrogen and oxygen atoms in total. The highest BCUT2D eigenvalue weighted by molar-refractivity contribution is 5.67. The van der Waals surface area contributed by atoms with Crippen LogP contribution in [0.3, 0.4) is 0 Å². The Labute approximate surface area is 188 Å². The number of nitrogens with one attached hydrogen (secondary N) is 1. The lowest BCUT2D eigenvalue weighted by atomic mass is 9.95. The van der Waals surface area contributed by atoms with Crippen LogP contribution in [0.5, 0.6) is 0 Å². The summed E-state index contributed by atoms with van der Waals surface area (Å²) in [6, 6.07) is 7.33. The third-order valence-corrected chi connectivity index (χ3v) is 5.51. The van der Waals surface area contributed by atoms with Crippen LogP contribution in [0.2, 0.25) is 0 Å². The summed E-state index contributed by atoms with van der Waals surface area (Å²) in [5.41, 5.74) is 0.706. The van der Waals surface area contributed by atoms with Gasteiger partial charge in [-0.15, -0.1) is 0 Å². The Morgan fingerprint density at radius 1 is 0.879 bits per heavy atom. The molecule has 0 radical (unpaired) electrons. The highest BCUT2D eigenvalue weighted by Gasteiger charge is 2.50. The van der Waals surface area contributed by atoms with Crippen molar-refractivity contribution in [2.45, 2.75) is 68.0 Å². The van der Waals surface area contributed by atoms with Crippen LogP contribution in [0.1, 0.15) is 5.56 Å². The summed E-state index contributed by atoms with van der Waals surface area (Å²) < 4.78 is 21.0. The summed E-state index contributed by atoms with van der Waals surface area (Å²) in [4.78, 5) is 12.2. The second-order valence-electron chi connectivity index (χ2n) is 7.77. The van der Waals surface area contributed by atoms with Gasteiger partial charge in [0.25, 0.3) is 0 Å². The first-order chi connectivity index (χ1) is 15.8. The van der Waals surface area contributed by atoms with Gasteiger partial charge < -0.3 is 60.0 Å². The lowest BCUT2D eigenvalue weighted by Crippen LogP contribution is -2.67. The van der Waals surface area contributed by atoms with Crippen molar-refractivity contribution in [2.75, 3.05) is 13.2 Å². The zero-order chi connectivity index (χ0) is 24.1. The summed E-state index contributed by atoms with van der Waals surface area (Å²) >= 11 is 0. The molecule has 0 bridgehead atoms. The predicted molar refractivity (Wildman–Crippen MR) is 106 cm³/mol. The maximum atomic E-state index is 12.2. The molecule has 0 aliphatic carbocycles. The lowest BCUT2D eigenvalue weighted by molar-refractivity contribution is -0.345. The third-order valence-electron chi connectivity index (χ3n) is 5.51. The number of rotatable bonds is 7. The molecule has 8 N–H and O–H groups in total. The van der Waals surface area contributed by atoms with Crippen LogP contribution in [0.4, 0.5) is 4.79 Å². The first-order valence-electron chi connectivity index (χ1n) is 10.3. The highest BCUT2D eigenvalue weighted by Crippen LogP contribution is 2.28. The van der Waals surface area contributed by atoms with Crippen molar-refractivity contribution in [3.8, 4) is 0 Å². The molecule has 10 atom stereocenters. The normalized spacial score (nSPS) is 39.1. The number of carbonyl (C=O) groups is 1. The fourth-order valence-electron chi connectivity index (χ4n) is 3.64. The number of benzene rings is 1. The van der Waals surface area contributed by atoms with Crippen molar-refractivity contribution >= 4 is 6.09 Å². The summed E-state index contributed by atoms with van der Waals surface area (Å²) in [6.45, 7) is -1.49. The Morgan fingerprint density at radius 2 is 1.55 bits per heavy atom. The van der Waals surface area contributed by atoms with E-state index in [0.717, 1.165) is 0 Å². The maximum absolute atomic E-state index is 12.2. The molecule has 186 valence electrons. The molecule has 3 rings (SSSR count). The van der Waals surface area contributed by atoms with Gasteiger partial charge in [-0.25, -0.2) is 4.79 Å². The van der Waals surface area contributed by atoms with Crippen LogP contribution in [-0.4, -0.2) is 116 Å². The van der Waals surface area contributed by atoms with E-state index in [1.807, 2.05) is 0 Å². The molecular formula is C20H29NO12. The van der Waals surface area contributed by atoms with E-state index < -0.39 is 80.7 Å². The van der Waals surface area contributed by atoms with Gasteiger partial charge in [0, 0.05) is 0 Å². The molecule has 0 aromatic heterocycles. The van der Waals surface area contributed by atoms with E-state index in [1.54, 1.807) is 30.3 Å². The van der Waals surface area contributed by atoms with Gasteiger partial charge in [0.05, 0.1) is 13.2 Å². The van der Waals surface area contributed by atoms with Crippen LogP contribution in [0.25, 0.3) is 0 Å². The molecule has 0 saturated carbocycles. The quantitative estimate of drug-likeness (QED) is 0.194. The van der Waals surface area contributed by atoms with Crippen LogP contribution in [-0.2, 0) is 25.6 Å². The minimum atomic E-state index is -1.77. The van der Waals surface area contributed by atoms with Crippen molar-refractivity contribution in [1.82, 2.24) is 5.32 Å². The van der Waals surface area contributed by atoms with Gasteiger partial charge in [-0.3, -0.25) is 0 Å². The summed E-state index contributed by atoms with van der Waals surface area (Å²) in [5, 5.41) is 72.1. The minimum Gasteiger partial charge on any atom is -0.445 e. The van der Waals surface area contributed by atoms with Crippen LogP contribution >= 0.6 is 0 Å². The molecule has 2 saturated heterocycles. The zero-order valence-corrected chi connectivity index (χ0v) is 17.5. The van der Waals surface area contributed by atoms with Gasteiger partial charge in [0.2, 0.25) is 0 Å². The molecule has 2 fully saturated rings. The number of carbonyl (C=O) groups excluding carboxylic acids is 1. The van der Waals surface area contributed by atoms with E-state index in [9.17, 15) is 40.5 Å². The second-order valence-corrected chi connectivity index (χ2v) is 7.77. The molecule has 1 aromatic carbocycles. The van der Waals surface area contributed by atoms with E-state index in [0.29, 0.717) is 5.56 Å². The molecule has 1 amide bonds. The van der Waals surface area contributed by atoms with Gasteiger partial charge in [-0.1, -0.05) is 30.3 Å². The summed E-state index contributed by atoms with van der Waals surface area (Å²) in [6.07, 6.45) is -15.2. The second kappa shape index (κ2) is 11.5. The molecule has 1 unspecified atom stereocenters. The third kappa shape index (κ3) is 5.96. The van der Waals surface area contributed by atoms with E-state index in [4.69, 9.17) is 18.9 Å². The Morgan fingerprint density at radius 3 is 2.18 bits per heavy atom. The van der Waals surface area contributed by atoms with E-state index in [2.05, 4.69) is 5.32 Å². The first-order valence-corrected chi connectivity index (χ1v) is 10.3. The number of hydrogen-bond donors (Lipinski definition) is 8. The Bertz CT molecular complexity index is 752. The number of amides is 1. The summed E-state index contributed by atoms with van der Waals surface area (Å²) in [5.74, 6) is 0. The van der Waals surface area contributed by atoms with Gasteiger partial charge in [0.15, 0.2) is 12.6 Å². The largest absolute Gasteiger partial charge is 0.445 e. The smallest absolute Gasteiger partial charge is 0.407 e. The number of aliphatic hydroxyl groups excluding tert-OH is 7. The number of aliphatic hydroxyl groups is 7. The van der Waals surface area contributed by atoms with Gasteiger partial charge in [-0.2, -0.15) is 0 Å². The van der Waals surface area contributed by atoms with Crippen molar-refractivity contribution < 1.29 is 59.5 Å². The molecule has 2 aliphatic heterocycles. The van der Waals surface area contributed by atoms with Crippen molar-refractivity contribution in [3.63, 3.8) is 0 Å². The lowest BCUT2D eigenvalue weighted by Gasteiger charge is -2.46. The molecule has 33 heavy (non-hydrogen) atoms. The average molecular weight is 475 g/mol. The first kappa shape index (κ1) is 25.7. The van der Waals surface area contributed by atoms with Crippen LogP contribution < -0.4 is 5.32 Å². The van der Waals surface area contributed by atoms with E-state index in [-0.39, 0.29) is 6.61 Å². The molecule has 0 spiro atoms. The molecular weight excluding hydrogens is 446 g/mol. The monoisotopic (exact) mass is 475 g/mol. The predicted octanol–water partition coefficient (Wildman–Crippen LogP) is -3.46. The standard InChI is InChI=1S/C20H29NO12/c22-6-10-13(24)15(26)16(27)19(32-10)33-17-11(7-23)31-18(28)12(14(17)25)21-20(29)30-8-9-4-2-1-3-5-9/h1-5,10-19,22-28H,6-8H2,(H,21,29)/t10-,11-,12-,13+,14-,15+,16-,17-,18?,19+/m1/s1. The minimum absolute atomic E-state index is 0.0729. The molecule has 1 aromatic rings. The van der Waals surface area contributed by atoms with Crippen molar-refractivity contribution in [3.05, 3.63) is 35.9 Å².